The predicted octanol–water partition coefficient (Wildman–Crippen LogP) is 1.41. The monoisotopic (exact) mass is 190 g/mol. The maximum absolute atomic E-state index is 10.00. The van der Waals surface area contributed by atoms with Crippen LogP contribution >= 0.6 is 11.8 Å². The average Bonchev–Trinajstić information content (AvgIpc) is 2.06. The molecule has 2 N–H and O–H groups in total. The topological polar surface area (TPSA) is 40.5 Å². The van der Waals surface area contributed by atoms with Crippen LogP contribution in [0.4, 0.5) is 0 Å². The van der Waals surface area contributed by atoms with E-state index in [1.807, 2.05) is 0 Å². The highest BCUT2D eigenvalue weighted by Gasteiger charge is 2.28. The highest BCUT2D eigenvalue weighted by molar-refractivity contribution is 7.99. The molecular formula is C9H18O2S. The molecule has 0 aromatic rings. The van der Waals surface area contributed by atoms with Crippen molar-refractivity contribution in [3.8, 4) is 0 Å². The molecule has 0 radical (unpaired) electrons. The third kappa shape index (κ3) is 3.33. The molecule has 0 aromatic carbocycles. The number of thioether (sulfide) groups is 1. The molecule has 0 atom stereocenters. The minimum absolute atomic E-state index is 0.223. The highest BCUT2D eigenvalue weighted by Crippen LogP contribution is 2.30. The van der Waals surface area contributed by atoms with Gasteiger partial charge in [0, 0.05) is 11.5 Å². The Balaban J connectivity index is 2.17. The summed E-state index contributed by atoms with van der Waals surface area (Å²) in [5, 5.41) is 18.6. The van der Waals surface area contributed by atoms with Crippen molar-refractivity contribution in [1.29, 1.82) is 0 Å². The zero-order chi connectivity index (χ0) is 8.86. The second-order valence-corrected chi connectivity index (χ2v) is 4.67. The second kappa shape index (κ2) is 5.10. The molecule has 72 valence electrons. The first-order valence-corrected chi connectivity index (χ1v) is 5.83. The van der Waals surface area contributed by atoms with E-state index in [2.05, 4.69) is 0 Å². The van der Waals surface area contributed by atoms with Gasteiger partial charge < -0.3 is 10.2 Å². The van der Waals surface area contributed by atoms with Gasteiger partial charge in [0.15, 0.2) is 0 Å². The fourth-order valence-corrected chi connectivity index (χ4v) is 2.62. The third-order valence-corrected chi connectivity index (χ3v) is 3.60. The molecular weight excluding hydrogens is 172 g/mol. The fourth-order valence-electron chi connectivity index (χ4n) is 1.68. The van der Waals surface area contributed by atoms with Gasteiger partial charge in [-0.05, 0) is 12.8 Å². The molecule has 0 unspecified atom stereocenters. The SMILES string of the molecule is OCCSCC1(O)CCCCC1. The standard InChI is InChI=1S/C9H18O2S/c10-6-7-12-8-9(11)4-2-1-3-5-9/h10-11H,1-8H2. The largest absolute Gasteiger partial charge is 0.396 e. The molecule has 0 aromatic heterocycles. The summed E-state index contributed by atoms with van der Waals surface area (Å²) in [5.74, 6) is 1.55. The molecule has 0 saturated heterocycles. The van der Waals surface area contributed by atoms with Crippen LogP contribution in [0.25, 0.3) is 0 Å². The van der Waals surface area contributed by atoms with Crippen LogP contribution < -0.4 is 0 Å². The van der Waals surface area contributed by atoms with Crippen molar-refractivity contribution in [2.75, 3.05) is 18.1 Å². The number of aliphatic hydroxyl groups is 2. The van der Waals surface area contributed by atoms with Crippen LogP contribution in [0.1, 0.15) is 32.1 Å². The lowest BCUT2D eigenvalue weighted by Crippen LogP contribution is -2.34. The number of aliphatic hydroxyl groups excluding tert-OH is 1. The van der Waals surface area contributed by atoms with E-state index in [1.165, 1.54) is 6.42 Å². The first-order valence-electron chi connectivity index (χ1n) is 4.68. The van der Waals surface area contributed by atoms with Gasteiger partial charge >= 0.3 is 0 Å². The summed E-state index contributed by atoms with van der Waals surface area (Å²) in [4.78, 5) is 0. The molecule has 12 heavy (non-hydrogen) atoms. The molecule has 1 aliphatic rings. The van der Waals surface area contributed by atoms with Gasteiger partial charge in [0.25, 0.3) is 0 Å². The van der Waals surface area contributed by atoms with E-state index in [9.17, 15) is 5.11 Å². The van der Waals surface area contributed by atoms with Crippen LogP contribution in [0, 0.1) is 0 Å². The summed E-state index contributed by atoms with van der Waals surface area (Å²) in [6.07, 6.45) is 5.50. The lowest BCUT2D eigenvalue weighted by molar-refractivity contribution is 0.0273. The van der Waals surface area contributed by atoms with Crippen LogP contribution in [-0.2, 0) is 0 Å². The summed E-state index contributed by atoms with van der Waals surface area (Å²) < 4.78 is 0. The van der Waals surface area contributed by atoms with E-state index < -0.39 is 5.60 Å². The zero-order valence-electron chi connectivity index (χ0n) is 7.46. The fraction of sp³-hybridized carbons (Fsp3) is 1.00. The zero-order valence-corrected chi connectivity index (χ0v) is 8.28. The first-order chi connectivity index (χ1) is 5.77. The van der Waals surface area contributed by atoms with Crippen molar-refractivity contribution in [3.63, 3.8) is 0 Å². The molecule has 0 amide bonds. The predicted molar refractivity (Wildman–Crippen MR) is 52.4 cm³/mol. The first kappa shape index (κ1) is 10.4. The Labute approximate surface area is 78.4 Å². The maximum atomic E-state index is 10.00. The van der Waals surface area contributed by atoms with Crippen molar-refractivity contribution in [1.82, 2.24) is 0 Å². The molecule has 1 rings (SSSR count). The van der Waals surface area contributed by atoms with E-state index in [4.69, 9.17) is 5.11 Å². The normalized spacial score (nSPS) is 22.5. The number of hydrogen-bond donors (Lipinski definition) is 2. The van der Waals surface area contributed by atoms with E-state index >= 15 is 0 Å². The molecule has 0 heterocycles. The number of rotatable bonds is 4. The second-order valence-electron chi connectivity index (χ2n) is 3.56. The Morgan fingerprint density at radius 3 is 2.42 bits per heavy atom. The molecule has 1 fully saturated rings. The van der Waals surface area contributed by atoms with Gasteiger partial charge in [-0.2, -0.15) is 11.8 Å². The summed E-state index contributed by atoms with van der Waals surface area (Å²) in [6.45, 7) is 0.223. The Bertz CT molecular complexity index is 122. The highest BCUT2D eigenvalue weighted by atomic mass is 32.2. The Kier molecular flexibility index (Phi) is 4.40. The molecule has 2 nitrogen and oxygen atoms in total. The van der Waals surface area contributed by atoms with Gasteiger partial charge in [-0.1, -0.05) is 19.3 Å². The lowest BCUT2D eigenvalue weighted by Gasteiger charge is -2.31. The van der Waals surface area contributed by atoms with Crippen LogP contribution in [0.2, 0.25) is 0 Å². The van der Waals surface area contributed by atoms with E-state index in [0.29, 0.717) is 0 Å². The molecule has 1 aliphatic carbocycles. The third-order valence-electron chi connectivity index (χ3n) is 2.39. The molecule has 0 aliphatic heterocycles. The molecule has 0 bridgehead atoms. The van der Waals surface area contributed by atoms with Crippen molar-refractivity contribution in [2.45, 2.75) is 37.7 Å². The van der Waals surface area contributed by atoms with E-state index in [-0.39, 0.29) is 6.61 Å². The average molecular weight is 190 g/mol. The number of hydrogen-bond acceptors (Lipinski definition) is 3. The maximum Gasteiger partial charge on any atom is 0.0737 e. The van der Waals surface area contributed by atoms with Gasteiger partial charge in [-0.15, -0.1) is 0 Å². The van der Waals surface area contributed by atoms with Crippen LogP contribution in [-0.4, -0.2) is 33.9 Å². The Hall–Kier alpha value is 0.270. The minimum Gasteiger partial charge on any atom is -0.396 e. The van der Waals surface area contributed by atoms with Crippen LogP contribution in [0.3, 0.4) is 0 Å². The summed E-state index contributed by atoms with van der Waals surface area (Å²) >= 11 is 1.66. The van der Waals surface area contributed by atoms with Crippen molar-refractivity contribution in [2.24, 2.45) is 0 Å². The van der Waals surface area contributed by atoms with E-state index in [0.717, 1.165) is 37.2 Å². The van der Waals surface area contributed by atoms with Gasteiger partial charge in [-0.3, -0.25) is 0 Å². The Morgan fingerprint density at radius 1 is 1.17 bits per heavy atom. The summed E-state index contributed by atoms with van der Waals surface area (Å²) in [5.41, 5.74) is -0.419. The smallest absolute Gasteiger partial charge is 0.0737 e. The van der Waals surface area contributed by atoms with Gasteiger partial charge in [0.1, 0.15) is 0 Å². The van der Waals surface area contributed by atoms with Crippen LogP contribution in [0.15, 0.2) is 0 Å². The van der Waals surface area contributed by atoms with Gasteiger partial charge in [0.05, 0.1) is 12.2 Å². The van der Waals surface area contributed by atoms with Crippen molar-refractivity contribution < 1.29 is 10.2 Å². The van der Waals surface area contributed by atoms with E-state index in [1.54, 1.807) is 11.8 Å². The minimum atomic E-state index is -0.419. The van der Waals surface area contributed by atoms with Crippen molar-refractivity contribution >= 4 is 11.8 Å². The lowest BCUT2D eigenvalue weighted by atomic mass is 9.86. The molecule has 0 spiro atoms. The summed E-state index contributed by atoms with van der Waals surface area (Å²) in [7, 11) is 0. The van der Waals surface area contributed by atoms with Gasteiger partial charge in [-0.25, -0.2) is 0 Å². The van der Waals surface area contributed by atoms with Gasteiger partial charge in [0.2, 0.25) is 0 Å². The van der Waals surface area contributed by atoms with Crippen molar-refractivity contribution in [3.05, 3.63) is 0 Å². The summed E-state index contributed by atoms with van der Waals surface area (Å²) in [6, 6.07) is 0. The van der Waals surface area contributed by atoms with Crippen LogP contribution in [0.5, 0.6) is 0 Å². The Morgan fingerprint density at radius 2 is 1.83 bits per heavy atom. The molecule has 1 saturated carbocycles. The molecule has 3 heteroatoms. The quantitative estimate of drug-likeness (QED) is 0.658.